The quantitative estimate of drug-likeness (QED) is 0.816. The van der Waals surface area contributed by atoms with Crippen LogP contribution in [0.15, 0.2) is 12.4 Å². The van der Waals surface area contributed by atoms with Gasteiger partial charge in [0.05, 0.1) is 0 Å². The van der Waals surface area contributed by atoms with Crippen LogP contribution in [0.1, 0.15) is 12.8 Å². The molecule has 0 amide bonds. The molecule has 1 atom stereocenters. The number of aromatic nitrogens is 2. The van der Waals surface area contributed by atoms with E-state index in [1.807, 2.05) is 13.1 Å². The number of fused-ring (bicyclic) bond motifs is 3. The summed E-state index contributed by atoms with van der Waals surface area (Å²) in [7, 11) is 1.88. The van der Waals surface area contributed by atoms with E-state index < -0.39 is 0 Å². The molecule has 3 aliphatic rings. The molecule has 3 aliphatic heterocycles. The van der Waals surface area contributed by atoms with Gasteiger partial charge in [-0.2, -0.15) is 0 Å². The van der Waals surface area contributed by atoms with Crippen LogP contribution in [0.4, 0.5) is 11.6 Å². The molecule has 1 aromatic rings. The summed E-state index contributed by atoms with van der Waals surface area (Å²) in [5, 5.41) is 6.59. The smallest absolute Gasteiger partial charge is 0.131 e. The highest BCUT2D eigenvalue weighted by molar-refractivity contribution is 5.46. The lowest BCUT2D eigenvalue weighted by Gasteiger charge is -2.45. The van der Waals surface area contributed by atoms with E-state index in [0.29, 0.717) is 6.04 Å². The van der Waals surface area contributed by atoms with Gasteiger partial charge in [-0.05, 0) is 31.8 Å². The Morgan fingerprint density at radius 3 is 2.65 bits per heavy atom. The van der Waals surface area contributed by atoms with E-state index in [-0.39, 0.29) is 0 Å². The van der Waals surface area contributed by atoms with Gasteiger partial charge < -0.3 is 15.5 Å². The van der Waals surface area contributed by atoms with Gasteiger partial charge >= 0.3 is 0 Å². The minimum absolute atomic E-state index is 0.553. The van der Waals surface area contributed by atoms with Crippen LogP contribution in [0.25, 0.3) is 0 Å². The van der Waals surface area contributed by atoms with Crippen molar-refractivity contribution in [2.24, 2.45) is 5.92 Å². The molecule has 0 radical (unpaired) electrons. The minimum atomic E-state index is 0.553. The van der Waals surface area contributed by atoms with E-state index in [4.69, 9.17) is 0 Å². The van der Waals surface area contributed by atoms with Gasteiger partial charge in [-0.3, -0.25) is 0 Å². The fourth-order valence-corrected chi connectivity index (χ4v) is 2.89. The summed E-state index contributed by atoms with van der Waals surface area (Å²) in [5.74, 6) is 2.61. The van der Waals surface area contributed by atoms with Gasteiger partial charge in [-0.25, -0.2) is 9.97 Å². The summed E-state index contributed by atoms with van der Waals surface area (Å²) in [6, 6.07) is 2.52. The lowest BCUT2D eigenvalue weighted by Crippen LogP contribution is -2.53. The molecule has 4 heterocycles. The number of nitrogens with one attached hydrogen (secondary N) is 2. The average molecular weight is 233 g/mol. The van der Waals surface area contributed by atoms with Gasteiger partial charge in [0.25, 0.3) is 0 Å². The molecule has 5 nitrogen and oxygen atoms in total. The Morgan fingerprint density at radius 1 is 1.24 bits per heavy atom. The lowest BCUT2D eigenvalue weighted by atomic mass is 9.84. The zero-order valence-corrected chi connectivity index (χ0v) is 10.2. The van der Waals surface area contributed by atoms with Crippen LogP contribution in [0.3, 0.4) is 0 Å². The van der Waals surface area contributed by atoms with Gasteiger partial charge in [-0.1, -0.05) is 0 Å². The normalized spacial score (nSPS) is 31.2. The summed E-state index contributed by atoms with van der Waals surface area (Å²) in [4.78, 5) is 11.0. The molecule has 3 saturated heterocycles. The highest BCUT2D eigenvalue weighted by Gasteiger charge is 2.34. The molecule has 1 aromatic heterocycles. The van der Waals surface area contributed by atoms with Gasteiger partial charge in [0.2, 0.25) is 0 Å². The third-order valence-corrected chi connectivity index (χ3v) is 3.91. The molecule has 0 aliphatic carbocycles. The molecular formula is C12H19N5. The van der Waals surface area contributed by atoms with Crippen molar-refractivity contribution in [2.75, 3.05) is 37.3 Å². The molecule has 92 valence electrons. The van der Waals surface area contributed by atoms with Crippen LogP contribution in [-0.4, -0.2) is 47.6 Å². The highest BCUT2D eigenvalue weighted by atomic mass is 15.2. The maximum atomic E-state index is 4.28. The molecule has 2 N–H and O–H groups in total. The molecule has 4 rings (SSSR count). The van der Waals surface area contributed by atoms with Crippen LogP contribution in [0.2, 0.25) is 0 Å². The Morgan fingerprint density at radius 2 is 2.00 bits per heavy atom. The van der Waals surface area contributed by atoms with E-state index in [2.05, 4.69) is 25.5 Å². The van der Waals surface area contributed by atoms with Crippen molar-refractivity contribution < 1.29 is 0 Å². The van der Waals surface area contributed by atoms with Crippen LogP contribution in [-0.2, 0) is 0 Å². The van der Waals surface area contributed by atoms with Gasteiger partial charge in [0.1, 0.15) is 18.0 Å². The first-order chi connectivity index (χ1) is 8.35. The maximum Gasteiger partial charge on any atom is 0.131 e. The summed E-state index contributed by atoms with van der Waals surface area (Å²) in [6.45, 7) is 3.70. The molecule has 2 bridgehead atoms. The van der Waals surface area contributed by atoms with E-state index >= 15 is 0 Å². The molecule has 3 fully saturated rings. The predicted octanol–water partition coefficient (Wildman–Crippen LogP) is 1.02. The number of piperidine rings is 3. The number of anilines is 2. The molecule has 0 spiro atoms. The Bertz CT molecular complexity index is 386. The molecule has 1 unspecified atom stereocenters. The second-order valence-corrected chi connectivity index (χ2v) is 4.93. The number of rotatable bonds is 3. The van der Waals surface area contributed by atoms with E-state index in [1.165, 1.54) is 25.9 Å². The summed E-state index contributed by atoms with van der Waals surface area (Å²) in [6.07, 6.45) is 4.25. The van der Waals surface area contributed by atoms with Crippen molar-refractivity contribution in [1.82, 2.24) is 14.9 Å². The monoisotopic (exact) mass is 233 g/mol. The average Bonchev–Trinajstić information content (AvgIpc) is 2.40. The van der Waals surface area contributed by atoms with Crippen molar-refractivity contribution >= 4 is 11.6 Å². The molecule has 17 heavy (non-hydrogen) atoms. The number of hydrogen-bond acceptors (Lipinski definition) is 5. The fourth-order valence-electron chi connectivity index (χ4n) is 2.89. The predicted molar refractivity (Wildman–Crippen MR) is 68.2 cm³/mol. The molecular weight excluding hydrogens is 214 g/mol. The van der Waals surface area contributed by atoms with Gasteiger partial charge in [-0.15, -0.1) is 0 Å². The third kappa shape index (κ3) is 2.20. The van der Waals surface area contributed by atoms with Gasteiger partial charge in [0.15, 0.2) is 0 Å². The Balaban J connectivity index is 1.70. The maximum absolute atomic E-state index is 4.28. The highest BCUT2D eigenvalue weighted by Crippen LogP contribution is 2.29. The lowest BCUT2D eigenvalue weighted by molar-refractivity contribution is 0.0974. The van der Waals surface area contributed by atoms with Crippen molar-refractivity contribution in [2.45, 2.75) is 18.9 Å². The first-order valence-corrected chi connectivity index (χ1v) is 6.34. The Hall–Kier alpha value is -1.36. The van der Waals surface area contributed by atoms with Crippen LogP contribution >= 0.6 is 0 Å². The zero-order valence-electron chi connectivity index (χ0n) is 10.2. The first kappa shape index (κ1) is 10.8. The number of nitrogens with zero attached hydrogens (tertiary/aromatic N) is 3. The van der Waals surface area contributed by atoms with Crippen LogP contribution in [0.5, 0.6) is 0 Å². The summed E-state index contributed by atoms with van der Waals surface area (Å²) in [5.41, 5.74) is 0. The van der Waals surface area contributed by atoms with E-state index in [9.17, 15) is 0 Å². The van der Waals surface area contributed by atoms with Gasteiger partial charge in [0, 0.05) is 25.7 Å². The van der Waals surface area contributed by atoms with Crippen molar-refractivity contribution in [3.05, 3.63) is 12.4 Å². The summed E-state index contributed by atoms with van der Waals surface area (Å²) >= 11 is 0. The first-order valence-electron chi connectivity index (χ1n) is 6.34. The molecule has 0 saturated carbocycles. The van der Waals surface area contributed by atoms with Crippen LogP contribution < -0.4 is 10.6 Å². The Kier molecular flexibility index (Phi) is 2.84. The Labute approximate surface area is 102 Å². The molecule has 5 heteroatoms. The van der Waals surface area contributed by atoms with Crippen molar-refractivity contribution in [3.63, 3.8) is 0 Å². The summed E-state index contributed by atoms with van der Waals surface area (Å²) < 4.78 is 0. The fraction of sp³-hybridized carbons (Fsp3) is 0.667. The van der Waals surface area contributed by atoms with Crippen molar-refractivity contribution in [3.8, 4) is 0 Å². The van der Waals surface area contributed by atoms with Crippen molar-refractivity contribution in [1.29, 1.82) is 0 Å². The SMILES string of the molecule is CNc1cc(NC2CN3CCC2CC3)ncn1. The largest absolute Gasteiger partial charge is 0.373 e. The minimum Gasteiger partial charge on any atom is -0.373 e. The number of hydrogen-bond donors (Lipinski definition) is 2. The van der Waals surface area contributed by atoms with E-state index in [1.54, 1.807) is 6.33 Å². The standard InChI is InChI=1S/C12H19N5/c1-13-11-6-12(15-8-14-11)16-10-7-17-4-2-9(10)3-5-17/h6,8-10H,2-5,7H2,1H3,(H2,13,14,15,16). The zero-order chi connectivity index (χ0) is 11.7. The van der Waals surface area contributed by atoms with Crippen LogP contribution in [0, 0.1) is 5.92 Å². The third-order valence-electron chi connectivity index (χ3n) is 3.91. The second kappa shape index (κ2) is 4.49. The topological polar surface area (TPSA) is 53.1 Å². The van der Waals surface area contributed by atoms with E-state index in [0.717, 1.165) is 24.1 Å². The molecule has 0 aromatic carbocycles. The second-order valence-electron chi connectivity index (χ2n) is 4.93.